The Kier molecular flexibility index (Phi) is 4.52. The van der Waals surface area contributed by atoms with E-state index in [9.17, 15) is 9.59 Å². The van der Waals surface area contributed by atoms with Gasteiger partial charge in [0.2, 0.25) is 0 Å². The molecule has 1 aliphatic rings. The summed E-state index contributed by atoms with van der Waals surface area (Å²) in [6, 6.07) is 1.92. The molecule has 0 saturated carbocycles. The summed E-state index contributed by atoms with van der Waals surface area (Å²) >= 11 is 0. The molecule has 23 heavy (non-hydrogen) atoms. The largest absolute Gasteiger partial charge is 0.381 e. The third-order valence-corrected chi connectivity index (χ3v) is 3.99. The number of rotatable bonds is 5. The predicted molar refractivity (Wildman–Crippen MR) is 84.7 cm³/mol. The Bertz CT molecular complexity index is 792. The Balaban J connectivity index is 1.63. The lowest BCUT2D eigenvalue weighted by molar-refractivity contribution is 0.193. The zero-order chi connectivity index (χ0) is 16.2. The van der Waals surface area contributed by atoms with Crippen LogP contribution < -0.4 is 16.6 Å². The molecular formula is C15H19N5O3. The molecule has 8 nitrogen and oxygen atoms in total. The van der Waals surface area contributed by atoms with E-state index in [4.69, 9.17) is 4.74 Å². The molecule has 0 aromatic carbocycles. The van der Waals surface area contributed by atoms with Gasteiger partial charge in [0.1, 0.15) is 12.1 Å². The summed E-state index contributed by atoms with van der Waals surface area (Å²) in [6.07, 6.45) is 4.47. The Morgan fingerprint density at radius 3 is 3.09 bits per heavy atom. The first kappa shape index (κ1) is 15.4. The Morgan fingerprint density at radius 2 is 2.30 bits per heavy atom. The second kappa shape index (κ2) is 6.74. The number of aromatic amines is 1. The smallest absolute Gasteiger partial charge is 0.328 e. The maximum absolute atomic E-state index is 11.9. The highest BCUT2D eigenvalue weighted by Gasteiger charge is 2.19. The lowest BCUT2D eigenvalue weighted by atomic mass is 10.1. The molecular weight excluding hydrogens is 298 g/mol. The van der Waals surface area contributed by atoms with Gasteiger partial charge in [-0.2, -0.15) is 0 Å². The molecule has 0 amide bonds. The predicted octanol–water partition coefficient (Wildman–Crippen LogP) is 0.0221. The number of H-pyrrole nitrogens is 1. The highest BCUT2D eigenvalue weighted by atomic mass is 16.5. The van der Waals surface area contributed by atoms with Crippen LogP contribution in [0.25, 0.3) is 0 Å². The van der Waals surface area contributed by atoms with Gasteiger partial charge >= 0.3 is 5.69 Å². The molecule has 2 N–H and O–H groups in total. The average Bonchev–Trinajstić information content (AvgIpc) is 3.10. The van der Waals surface area contributed by atoms with Gasteiger partial charge in [-0.1, -0.05) is 0 Å². The van der Waals surface area contributed by atoms with Crippen LogP contribution >= 0.6 is 0 Å². The Hall–Kier alpha value is -2.48. The number of nitrogens with one attached hydrogen (secondary N) is 2. The van der Waals surface area contributed by atoms with Crippen molar-refractivity contribution in [2.24, 2.45) is 7.05 Å². The van der Waals surface area contributed by atoms with Gasteiger partial charge in [0.05, 0.1) is 12.3 Å². The monoisotopic (exact) mass is 317 g/mol. The van der Waals surface area contributed by atoms with Crippen molar-refractivity contribution in [3.05, 3.63) is 50.7 Å². The van der Waals surface area contributed by atoms with E-state index in [2.05, 4.69) is 20.3 Å². The summed E-state index contributed by atoms with van der Waals surface area (Å²) in [7, 11) is 1.46. The van der Waals surface area contributed by atoms with Crippen LogP contribution in [0.1, 0.15) is 23.6 Å². The van der Waals surface area contributed by atoms with Gasteiger partial charge in [0.15, 0.2) is 0 Å². The minimum atomic E-state index is -0.411. The van der Waals surface area contributed by atoms with Crippen molar-refractivity contribution < 1.29 is 4.74 Å². The van der Waals surface area contributed by atoms with Crippen molar-refractivity contribution >= 4 is 5.82 Å². The van der Waals surface area contributed by atoms with Crippen molar-refractivity contribution in [3.63, 3.8) is 0 Å². The maximum Gasteiger partial charge on any atom is 0.328 e. The van der Waals surface area contributed by atoms with Gasteiger partial charge < -0.3 is 15.0 Å². The van der Waals surface area contributed by atoms with Crippen molar-refractivity contribution in [2.45, 2.75) is 18.8 Å². The van der Waals surface area contributed by atoms with Crippen molar-refractivity contribution in [1.82, 2.24) is 19.5 Å². The zero-order valence-electron chi connectivity index (χ0n) is 12.9. The molecule has 1 unspecified atom stereocenters. The molecule has 2 aromatic rings. The molecule has 122 valence electrons. The molecule has 2 aromatic heterocycles. The molecule has 8 heteroatoms. The van der Waals surface area contributed by atoms with Crippen molar-refractivity contribution in [3.8, 4) is 0 Å². The Labute approximate surface area is 132 Å². The number of aromatic nitrogens is 4. The number of anilines is 1. The van der Waals surface area contributed by atoms with Crippen LogP contribution in [0.15, 0.2) is 28.2 Å². The summed E-state index contributed by atoms with van der Waals surface area (Å²) in [5.41, 5.74) is 0.839. The van der Waals surface area contributed by atoms with E-state index in [1.54, 1.807) is 0 Å². The molecule has 1 atom stereocenters. The summed E-state index contributed by atoms with van der Waals surface area (Å²) in [5, 5.41) is 3.19. The van der Waals surface area contributed by atoms with Crippen LogP contribution in [0, 0.1) is 0 Å². The maximum atomic E-state index is 11.9. The molecule has 0 aliphatic carbocycles. The number of hydrogen-bond donors (Lipinski definition) is 2. The van der Waals surface area contributed by atoms with E-state index < -0.39 is 5.69 Å². The Morgan fingerprint density at radius 1 is 1.43 bits per heavy atom. The lowest BCUT2D eigenvalue weighted by Gasteiger charge is -2.10. The topological polar surface area (TPSA) is 102 Å². The van der Waals surface area contributed by atoms with Gasteiger partial charge in [0.25, 0.3) is 5.56 Å². The number of hydrogen-bond acceptors (Lipinski definition) is 6. The molecule has 1 fully saturated rings. The summed E-state index contributed by atoms with van der Waals surface area (Å²) < 4.78 is 6.45. The third-order valence-electron chi connectivity index (χ3n) is 3.99. The number of nitrogens with zero attached hydrogens (tertiary/aromatic N) is 3. The fraction of sp³-hybridized carbons (Fsp3) is 0.467. The van der Waals surface area contributed by atoms with E-state index in [1.165, 1.54) is 19.6 Å². The zero-order valence-corrected chi connectivity index (χ0v) is 12.9. The first-order valence-electron chi connectivity index (χ1n) is 7.56. The average molecular weight is 317 g/mol. The van der Waals surface area contributed by atoms with Crippen molar-refractivity contribution in [2.75, 3.05) is 25.1 Å². The van der Waals surface area contributed by atoms with Crippen LogP contribution in [0.4, 0.5) is 5.82 Å². The summed E-state index contributed by atoms with van der Waals surface area (Å²) in [4.78, 5) is 34.3. The number of ether oxygens (including phenoxy) is 1. The second-order valence-corrected chi connectivity index (χ2v) is 5.55. The van der Waals surface area contributed by atoms with Gasteiger partial charge in [-0.25, -0.2) is 14.8 Å². The second-order valence-electron chi connectivity index (χ2n) is 5.55. The first-order valence-corrected chi connectivity index (χ1v) is 7.56. The van der Waals surface area contributed by atoms with Crippen LogP contribution in [0.2, 0.25) is 0 Å². The SMILES string of the molecule is Cn1c(=O)[nH]cc(CCNc2cc(C3CCOC3)ncn2)c1=O. The molecule has 1 aliphatic heterocycles. The van der Waals surface area contributed by atoms with Gasteiger partial charge in [-0.3, -0.25) is 9.36 Å². The molecule has 0 bridgehead atoms. The van der Waals surface area contributed by atoms with Gasteiger partial charge in [0, 0.05) is 43.9 Å². The van der Waals surface area contributed by atoms with E-state index in [0.717, 1.165) is 29.1 Å². The minimum Gasteiger partial charge on any atom is -0.381 e. The molecule has 3 heterocycles. The molecule has 3 rings (SSSR count). The summed E-state index contributed by atoms with van der Waals surface area (Å²) in [6.45, 7) is 2.01. The van der Waals surface area contributed by atoms with E-state index in [-0.39, 0.29) is 5.56 Å². The highest BCUT2D eigenvalue weighted by molar-refractivity contribution is 5.36. The minimum absolute atomic E-state index is 0.276. The summed E-state index contributed by atoms with van der Waals surface area (Å²) in [5.74, 6) is 1.05. The highest BCUT2D eigenvalue weighted by Crippen LogP contribution is 2.24. The molecule has 0 radical (unpaired) electrons. The van der Waals surface area contributed by atoms with Gasteiger partial charge in [-0.15, -0.1) is 0 Å². The third kappa shape index (κ3) is 3.48. The van der Waals surface area contributed by atoms with Gasteiger partial charge in [-0.05, 0) is 12.8 Å². The first-order chi connectivity index (χ1) is 11.1. The molecule has 0 spiro atoms. The van der Waals surface area contributed by atoms with E-state index in [0.29, 0.717) is 31.1 Å². The van der Waals surface area contributed by atoms with Crippen molar-refractivity contribution in [1.29, 1.82) is 0 Å². The van der Waals surface area contributed by atoms with E-state index >= 15 is 0 Å². The van der Waals surface area contributed by atoms with Crippen LogP contribution in [-0.4, -0.2) is 39.3 Å². The normalized spacial score (nSPS) is 17.3. The fourth-order valence-electron chi connectivity index (χ4n) is 2.58. The van der Waals surface area contributed by atoms with Crippen LogP contribution in [0.3, 0.4) is 0 Å². The van der Waals surface area contributed by atoms with E-state index in [1.807, 2.05) is 6.07 Å². The lowest BCUT2D eigenvalue weighted by Crippen LogP contribution is -2.34. The molecule has 1 saturated heterocycles. The standard InChI is InChI=1S/C15H19N5O3/c1-20-14(21)10(7-17-15(20)22)2-4-16-13-6-12(18-9-19-13)11-3-5-23-8-11/h6-7,9,11H,2-5,8H2,1H3,(H,17,22)(H,16,18,19). The van der Waals surface area contributed by atoms with Crippen LogP contribution in [0.5, 0.6) is 0 Å². The van der Waals surface area contributed by atoms with Crippen LogP contribution in [-0.2, 0) is 18.2 Å². The quantitative estimate of drug-likeness (QED) is 0.806. The fourth-order valence-corrected chi connectivity index (χ4v) is 2.58.